The van der Waals surface area contributed by atoms with Crippen LogP contribution in [0.15, 0.2) is 18.2 Å². The van der Waals surface area contributed by atoms with E-state index < -0.39 is 11.8 Å². The summed E-state index contributed by atoms with van der Waals surface area (Å²) >= 11 is 5.74. The smallest absolute Gasteiger partial charge is 0.290 e. The van der Waals surface area contributed by atoms with Gasteiger partial charge in [0.15, 0.2) is 0 Å². The van der Waals surface area contributed by atoms with E-state index in [1.54, 1.807) is 0 Å². The Balaban J connectivity index is 2.50. The largest absolute Gasteiger partial charge is 0.506 e. The van der Waals surface area contributed by atoms with Crippen molar-refractivity contribution in [1.29, 1.82) is 0 Å². The van der Waals surface area contributed by atoms with Gasteiger partial charge in [-0.3, -0.25) is 4.79 Å². The molecule has 0 atom stereocenters. The van der Waals surface area contributed by atoms with Crippen molar-refractivity contribution in [1.82, 2.24) is 10.3 Å². The molecule has 0 fully saturated rings. The predicted octanol–water partition coefficient (Wildman–Crippen LogP) is 0.758. The third kappa shape index (κ3) is 2.26. The van der Waals surface area contributed by atoms with Crippen LogP contribution in [0.4, 0.5) is 0 Å². The van der Waals surface area contributed by atoms with Gasteiger partial charge < -0.3 is 25.6 Å². The van der Waals surface area contributed by atoms with Crippen LogP contribution in [0.25, 0.3) is 10.9 Å². The van der Waals surface area contributed by atoms with Gasteiger partial charge in [-0.1, -0.05) is 11.6 Å². The van der Waals surface area contributed by atoms with Crippen LogP contribution in [-0.2, 0) is 10.7 Å². The summed E-state index contributed by atoms with van der Waals surface area (Å²) in [6, 6.07) is 4.23. The molecule has 2 rings (SSSR count). The summed E-state index contributed by atoms with van der Waals surface area (Å²) in [7, 11) is 0. The number of carbonyl (C=O) groups excluding carboxylic acids is 1. The van der Waals surface area contributed by atoms with Crippen molar-refractivity contribution in [2.45, 2.75) is 12.8 Å². The van der Waals surface area contributed by atoms with Crippen LogP contribution < -0.4 is 5.32 Å². The number of hydrogen-bond acceptors (Lipinski definition) is 4. The van der Waals surface area contributed by atoms with Gasteiger partial charge in [0.1, 0.15) is 5.75 Å². The van der Waals surface area contributed by atoms with Gasteiger partial charge in [-0.05, 0) is 12.1 Å². The maximum absolute atomic E-state index is 10.8. The predicted molar refractivity (Wildman–Crippen MR) is 64.9 cm³/mol. The minimum Gasteiger partial charge on any atom is -0.506 e. The summed E-state index contributed by atoms with van der Waals surface area (Å²) in [5.41, 5.74) is 0.430. The summed E-state index contributed by atoms with van der Waals surface area (Å²) in [5.74, 6) is -3.23. The van der Waals surface area contributed by atoms with E-state index in [2.05, 4.69) is 4.98 Å². The number of aromatic nitrogens is 1. The zero-order valence-corrected chi connectivity index (χ0v) is 10.1. The fourth-order valence-corrected chi connectivity index (χ4v) is 1.81. The number of fused-ring (bicyclic) bond motifs is 1. The topological polar surface area (TPSA) is 106 Å². The fourth-order valence-electron chi connectivity index (χ4n) is 1.64. The minimum atomic E-state index is -2.51. The van der Waals surface area contributed by atoms with Crippen molar-refractivity contribution in [3.63, 3.8) is 0 Å². The molecule has 0 unspecified atom stereocenters. The first kappa shape index (κ1) is 12.7. The molecule has 0 aliphatic rings. The van der Waals surface area contributed by atoms with Crippen LogP contribution >= 0.6 is 11.6 Å². The number of amides is 1. The lowest BCUT2D eigenvalue weighted by Crippen LogP contribution is -2.44. The van der Waals surface area contributed by atoms with Crippen LogP contribution in [0.5, 0.6) is 5.75 Å². The second kappa shape index (κ2) is 4.16. The highest BCUT2D eigenvalue weighted by Crippen LogP contribution is 2.30. The third-order valence-corrected chi connectivity index (χ3v) is 2.72. The van der Waals surface area contributed by atoms with E-state index in [9.17, 15) is 20.1 Å². The van der Waals surface area contributed by atoms with Gasteiger partial charge >= 0.3 is 0 Å². The number of aromatic hydroxyl groups is 1. The summed E-state index contributed by atoms with van der Waals surface area (Å²) in [6.45, 7) is 1.16. The Labute approximate surface area is 107 Å². The summed E-state index contributed by atoms with van der Waals surface area (Å²) in [4.78, 5) is 13.5. The van der Waals surface area contributed by atoms with Gasteiger partial charge in [0.25, 0.3) is 5.91 Å². The molecule has 2 aromatic rings. The second-order valence-electron chi connectivity index (χ2n) is 3.93. The summed E-state index contributed by atoms with van der Waals surface area (Å²) in [6.07, 6.45) is 0. The number of phenols is 1. The number of nitrogens with one attached hydrogen (secondary N) is 2. The number of halogens is 1. The Kier molecular flexibility index (Phi) is 2.94. The zero-order valence-electron chi connectivity index (χ0n) is 9.36. The zero-order chi connectivity index (χ0) is 13.5. The number of rotatable bonds is 2. The molecule has 1 amide bonds. The molecule has 0 spiro atoms. The van der Waals surface area contributed by atoms with Crippen molar-refractivity contribution >= 4 is 28.4 Å². The number of aliphatic hydroxyl groups is 2. The molecule has 0 saturated carbocycles. The monoisotopic (exact) mass is 270 g/mol. The molecule has 1 aromatic heterocycles. The first-order chi connectivity index (χ1) is 8.29. The Bertz CT molecular complexity index is 582. The van der Waals surface area contributed by atoms with E-state index in [1.807, 2.05) is 5.32 Å². The van der Waals surface area contributed by atoms with Crippen LogP contribution in [0.1, 0.15) is 12.6 Å². The third-order valence-electron chi connectivity index (χ3n) is 2.41. The van der Waals surface area contributed by atoms with Gasteiger partial charge in [-0.25, -0.2) is 0 Å². The fraction of sp³-hybridized carbons (Fsp3) is 0.182. The number of phenolic OH excluding ortho intramolecular Hbond substituents is 1. The highest BCUT2D eigenvalue weighted by molar-refractivity contribution is 6.32. The standard InChI is InChI=1S/C11H11ClN2O4/c1-5(15)14-11(17,18)10-3-6-2-7(12)9(16)4-8(6)13-10/h2-4,13,16-18H,1H3,(H,14,15). The van der Waals surface area contributed by atoms with Crippen molar-refractivity contribution in [2.75, 3.05) is 0 Å². The van der Waals surface area contributed by atoms with Crippen molar-refractivity contribution < 1.29 is 20.1 Å². The van der Waals surface area contributed by atoms with Gasteiger partial charge in [0.2, 0.25) is 5.91 Å². The number of H-pyrrole nitrogens is 1. The minimum absolute atomic E-state index is 0.0330. The Morgan fingerprint density at radius 2 is 2.06 bits per heavy atom. The number of benzene rings is 1. The van der Waals surface area contributed by atoms with E-state index in [0.717, 1.165) is 6.92 Å². The van der Waals surface area contributed by atoms with Gasteiger partial charge in [-0.2, -0.15) is 0 Å². The molecule has 6 nitrogen and oxygen atoms in total. The van der Waals surface area contributed by atoms with Gasteiger partial charge in [-0.15, -0.1) is 0 Å². The van der Waals surface area contributed by atoms with E-state index in [1.165, 1.54) is 18.2 Å². The Hall–Kier alpha value is -1.76. The quantitative estimate of drug-likeness (QED) is 0.520. The van der Waals surface area contributed by atoms with Gasteiger partial charge in [0, 0.05) is 23.9 Å². The molecule has 1 aromatic carbocycles. The summed E-state index contributed by atoms with van der Waals surface area (Å²) in [5, 5.41) is 31.5. The number of aromatic amines is 1. The van der Waals surface area contributed by atoms with E-state index in [0.29, 0.717) is 10.9 Å². The van der Waals surface area contributed by atoms with E-state index >= 15 is 0 Å². The maximum Gasteiger partial charge on any atom is 0.290 e. The molecule has 0 saturated heterocycles. The molecule has 7 heteroatoms. The lowest BCUT2D eigenvalue weighted by Gasteiger charge is -2.20. The van der Waals surface area contributed by atoms with Crippen LogP contribution in [0, 0.1) is 0 Å². The van der Waals surface area contributed by atoms with Crippen LogP contribution in [-0.4, -0.2) is 26.2 Å². The molecule has 0 aliphatic carbocycles. The first-order valence-corrected chi connectivity index (χ1v) is 5.42. The maximum atomic E-state index is 10.8. The molecular weight excluding hydrogens is 260 g/mol. The Morgan fingerprint density at radius 3 is 2.67 bits per heavy atom. The molecule has 0 aliphatic heterocycles. The number of hydrogen-bond donors (Lipinski definition) is 5. The van der Waals surface area contributed by atoms with E-state index in [-0.39, 0.29) is 16.5 Å². The molecule has 18 heavy (non-hydrogen) atoms. The lowest BCUT2D eigenvalue weighted by molar-refractivity contribution is -0.199. The van der Waals surface area contributed by atoms with Gasteiger partial charge in [0.05, 0.1) is 10.7 Å². The average Bonchev–Trinajstić information content (AvgIpc) is 2.60. The normalized spacial score (nSPS) is 11.8. The molecular formula is C11H11ClN2O4. The van der Waals surface area contributed by atoms with Crippen molar-refractivity contribution in [3.05, 3.63) is 28.9 Å². The number of carbonyl (C=O) groups is 1. The van der Waals surface area contributed by atoms with E-state index in [4.69, 9.17) is 11.6 Å². The first-order valence-electron chi connectivity index (χ1n) is 5.05. The second-order valence-corrected chi connectivity index (χ2v) is 4.33. The van der Waals surface area contributed by atoms with Crippen molar-refractivity contribution in [3.8, 4) is 5.75 Å². The lowest BCUT2D eigenvalue weighted by atomic mass is 10.2. The van der Waals surface area contributed by atoms with Crippen LogP contribution in [0.2, 0.25) is 5.02 Å². The molecule has 0 radical (unpaired) electrons. The summed E-state index contributed by atoms with van der Waals surface area (Å²) < 4.78 is 0. The molecule has 1 heterocycles. The van der Waals surface area contributed by atoms with Crippen LogP contribution in [0.3, 0.4) is 0 Å². The molecule has 5 N–H and O–H groups in total. The highest BCUT2D eigenvalue weighted by atomic mass is 35.5. The highest BCUT2D eigenvalue weighted by Gasteiger charge is 2.29. The molecule has 0 bridgehead atoms. The van der Waals surface area contributed by atoms with Crippen molar-refractivity contribution in [2.24, 2.45) is 0 Å². The molecule has 96 valence electrons. The SMILES string of the molecule is CC(=O)NC(O)(O)c1cc2cc(Cl)c(O)cc2[nH]1. The average molecular weight is 271 g/mol. The Morgan fingerprint density at radius 1 is 1.39 bits per heavy atom.